The van der Waals surface area contributed by atoms with Crippen LogP contribution in [0.5, 0.6) is 0 Å². The molecule has 2 nitrogen and oxygen atoms in total. The van der Waals surface area contributed by atoms with Gasteiger partial charge in [-0.1, -0.05) is 67.0 Å². The van der Waals surface area contributed by atoms with E-state index in [4.69, 9.17) is 5.11 Å². The zero-order chi connectivity index (χ0) is 18.2. The minimum atomic E-state index is -0.167. The molecule has 0 radical (unpaired) electrons. The highest BCUT2D eigenvalue weighted by molar-refractivity contribution is 7.79. The summed E-state index contributed by atoms with van der Waals surface area (Å²) in [5.74, 6) is 0. The second-order valence-electron chi connectivity index (χ2n) is 7.17. The van der Waals surface area contributed by atoms with Crippen LogP contribution in [0.4, 0.5) is 0 Å². The highest BCUT2D eigenvalue weighted by Crippen LogP contribution is 2.40. The molecule has 1 rings (SSSR count). The molecule has 0 aromatic carbocycles. The van der Waals surface area contributed by atoms with Gasteiger partial charge in [-0.15, -0.1) is 0 Å². The number of nitrogens with one attached hydrogen (secondary N) is 1. The Hall–Kier alpha value is -1.61. The van der Waals surface area contributed by atoms with E-state index in [0.717, 1.165) is 5.57 Å². The summed E-state index contributed by atoms with van der Waals surface area (Å²) in [4.78, 5) is 0. The summed E-state index contributed by atoms with van der Waals surface area (Å²) in [6.07, 6.45) is 16.5. The monoisotopic (exact) mass is 345 g/mol. The van der Waals surface area contributed by atoms with Crippen LogP contribution < -0.4 is 5.32 Å². The molecule has 0 spiro atoms. The summed E-state index contributed by atoms with van der Waals surface area (Å²) in [6, 6.07) is 0. The lowest BCUT2D eigenvalue weighted by atomic mass is 9.72. The molecule has 0 amide bonds. The van der Waals surface area contributed by atoms with Crippen molar-refractivity contribution < 1.29 is 5.11 Å². The third-order valence-corrected chi connectivity index (χ3v) is 4.60. The van der Waals surface area contributed by atoms with Gasteiger partial charge in [0.05, 0.1) is 0 Å². The molecule has 0 atom stereocenters. The molecule has 0 fully saturated rings. The van der Waals surface area contributed by atoms with Gasteiger partial charge in [0.25, 0.3) is 5.17 Å². The van der Waals surface area contributed by atoms with Crippen LogP contribution in [0.2, 0.25) is 0 Å². The van der Waals surface area contributed by atoms with E-state index >= 15 is 0 Å². The highest BCUT2D eigenvalue weighted by atomic mass is 32.1. The zero-order valence-electron chi connectivity index (χ0n) is 15.6. The predicted octanol–water partition coefficient (Wildman–Crippen LogP) is 5.95. The van der Waals surface area contributed by atoms with Gasteiger partial charge in [-0.2, -0.15) is 0 Å². The Morgan fingerprint density at radius 3 is 2.58 bits per heavy atom. The quantitative estimate of drug-likeness (QED) is 0.461. The normalized spacial score (nSPS) is 19.4. The molecule has 0 saturated carbocycles. The van der Waals surface area contributed by atoms with Gasteiger partial charge in [-0.25, -0.2) is 0 Å². The Bertz CT molecular complexity index is 603. The van der Waals surface area contributed by atoms with E-state index < -0.39 is 0 Å². The molecule has 0 saturated heterocycles. The molecule has 24 heavy (non-hydrogen) atoms. The topological polar surface area (TPSA) is 32.3 Å². The van der Waals surface area contributed by atoms with Gasteiger partial charge in [0, 0.05) is 6.54 Å². The van der Waals surface area contributed by atoms with Crippen molar-refractivity contribution in [2.45, 2.75) is 53.9 Å². The number of allylic oxidation sites excluding steroid dienone is 9. The van der Waals surface area contributed by atoms with Gasteiger partial charge in [-0.3, -0.25) is 0 Å². The molecule has 0 bridgehead atoms. The molecular formula is C21H31NOS. The average Bonchev–Trinajstić information content (AvgIpc) is 2.45. The van der Waals surface area contributed by atoms with Gasteiger partial charge >= 0.3 is 0 Å². The van der Waals surface area contributed by atoms with Crippen LogP contribution in [-0.2, 0) is 0 Å². The largest absolute Gasteiger partial charge is 0.487 e. The molecular weight excluding hydrogens is 314 g/mol. The van der Waals surface area contributed by atoms with E-state index in [9.17, 15) is 0 Å². The lowest BCUT2D eigenvalue weighted by Gasteiger charge is -2.32. The van der Waals surface area contributed by atoms with Crippen LogP contribution in [0, 0.1) is 5.41 Å². The lowest BCUT2D eigenvalue weighted by molar-refractivity contribution is 0.377. The van der Waals surface area contributed by atoms with Crippen LogP contribution in [0.25, 0.3) is 0 Å². The summed E-state index contributed by atoms with van der Waals surface area (Å²) in [6.45, 7) is 11.6. The van der Waals surface area contributed by atoms with Crippen molar-refractivity contribution in [3.8, 4) is 0 Å². The van der Waals surface area contributed by atoms with Gasteiger partial charge in [-0.05, 0) is 63.2 Å². The predicted molar refractivity (Wildman–Crippen MR) is 109 cm³/mol. The van der Waals surface area contributed by atoms with Crippen molar-refractivity contribution in [1.82, 2.24) is 5.32 Å². The van der Waals surface area contributed by atoms with Crippen molar-refractivity contribution in [3.63, 3.8) is 0 Å². The molecule has 3 heteroatoms. The first-order valence-electron chi connectivity index (χ1n) is 8.59. The lowest BCUT2D eigenvalue weighted by Crippen LogP contribution is -2.20. The van der Waals surface area contributed by atoms with Crippen molar-refractivity contribution >= 4 is 17.4 Å². The van der Waals surface area contributed by atoms with Gasteiger partial charge in [0.15, 0.2) is 0 Å². The molecule has 0 unspecified atom stereocenters. The fraction of sp³-hybridized carbons (Fsp3) is 0.476. The molecule has 1 aliphatic carbocycles. The fourth-order valence-electron chi connectivity index (χ4n) is 3.00. The number of hydrogen-bond donors (Lipinski definition) is 2. The highest BCUT2D eigenvalue weighted by Gasteiger charge is 2.26. The van der Waals surface area contributed by atoms with E-state index in [1.807, 2.05) is 13.0 Å². The molecule has 0 heterocycles. The van der Waals surface area contributed by atoms with E-state index in [1.165, 1.54) is 36.0 Å². The number of aliphatic hydroxyl groups is 1. The molecule has 1 aliphatic rings. The summed E-state index contributed by atoms with van der Waals surface area (Å²) >= 11 is 4.55. The summed E-state index contributed by atoms with van der Waals surface area (Å²) in [5, 5.41) is 11.4. The zero-order valence-corrected chi connectivity index (χ0v) is 16.5. The van der Waals surface area contributed by atoms with E-state index in [2.05, 4.69) is 75.6 Å². The van der Waals surface area contributed by atoms with Crippen LogP contribution in [0.15, 0.2) is 58.7 Å². The van der Waals surface area contributed by atoms with Crippen molar-refractivity contribution in [2.75, 3.05) is 6.54 Å². The Balaban J connectivity index is 2.67. The Morgan fingerprint density at radius 2 is 1.96 bits per heavy atom. The SMILES string of the molecule is CC(C=CC1=C(C)CCCC1(C)C)=CC=CC(C)=CCNC(O)=S. The number of rotatable bonds is 6. The molecule has 0 aromatic heterocycles. The average molecular weight is 346 g/mol. The summed E-state index contributed by atoms with van der Waals surface area (Å²) in [5.41, 5.74) is 5.66. The summed E-state index contributed by atoms with van der Waals surface area (Å²) < 4.78 is 0. The minimum absolute atomic E-state index is 0.167. The van der Waals surface area contributed by atoms with Gasteiger partial charge < -0.3 is 10.4 Å². The second-order valence-corrected chi connectivity index (χ2v) is 7.56. The third-order valence-electron chi connectivity index (χ3n) is 4.45. The van der Waals surface area contributed by atoms with Crippen LogP contribution in [0.1, 0.15) is 53.9 Å². The maximum atomic E-state index is 8.89. The molecule has 0 aromatic rings. The Morgan fingerprint density at radius 1 is 1.25 bits per heavy atom. The van der Waals surface area contributed by atoms with Crippen LogP contribution in [0.3, 0.4) is 0 Å². The van der Waals surface area contributed by atoms with E-state index in [-0.39, 0.29) is 10.6 Å². The first kappa shape index (κ1) is 20.4. The van der Waals surface area contributed by atoms with Crippen molar-refractivity contribution in [2.24, 2.45) is 5.41 Å². The second kappa shape index (κ2) is 9.63. The molecule has 2 N–H and O–H groups in total. The molecule has 132 valence electrons. The maximum Gasteiger partial charge on any atom is 0.254 e. The fourth-order valence-corrected chi connectivity index (χ4v) is 3.08. The van der Waals surface area contributed by atoms with Gasteiger partial charge in [0.2, 0.25) is 0 Å². The number of hydrogen-bond acceptors (Lipinski definition) is 1. The van der Waals surface area contributed by atoms with E-state index in [1.54, 1.807) is 0 Å². The number of thiocarbonyl (C=S) groups is 1. The Labute approximate surface area is 152 Å². The van der Waals surface area contributed by atoms with Crippen molar-refractivity contribution in [1.29, 1.82) is 0 Å². The van der Waals surface area contributed by atoms with Crippen LogP contribution in [-0.4, -0.2) is 16.8 Å². The van der Waals surface area contributed by atoms with Gasteiger partial charge in [0.1, 0.15) is 0 Å². The number of aliphatic hydroxyl groups excluding tert-OH is 1. The third kappa shape index (κ3) is 7.31. The first-order chi connectivity index (χ1) is 11.2. The minimum Gasteiger partial charge on any atom is -0.487 e. The van der Waals surface area contributed by atoms with Crippen molar-refractivity contribution in [3.05, 3.63) is 58.7 Å². The first-order valence-corrected chi connectivity index (χ1v) is 9.00. The van der Waals surface area contributed by atoms with E-state index in [0.29, 0.717) is 6.54 Å². The Kier molecular flexibility index (Phi) is 8.20. The molecule has 0 aliphatic heterocycles. The summed E-state index contributed by atoms with van der Waals surface area (Å²) in [7, 11) is 0. The van der Waals surface area contributed by atoms with Crippen LogP contribution >= 0.6 is 12.2 Å². The maximum absolute atomic E-state index is 8.89. The standard InChI is InChI=1S/C21H31NOS/c1-16(8-6-9-17(2)13-15-22-20(23)24)11-12-19-18(3)10-7-14-21(19,4)5/h6,8-9,11-13H,7,10,14-15H2,1-5H3,(H2,22,23,24). The smallest absolute Gasteiger partial charge is 0.254 e.